The van der Waals surface area contributed by atoms with Crippen molar-refractivity contribution in [2.24, 2.45) is 5.92 Å². The van der Waals surface area contributed by atoms with Gasteiger partial charge in [0.05, 0.1) is 5.69 Å². The Morgan fingerprint density at radius 1 is 1.16 bits per heavy atom. The van der Waals surface area contributed by atoms with E-state index in [9.17, 15) is 4.39 Å². The predicted octanol–water partition coefficient (Wildman–Crippen LogP) is 3.56. The summed E-state index contributed by atoms with van der Waals surface area (Å²) in [6.07, 6.45) is 8.17. The molecule has 3 rings (SSSR count). The maximum atomic E-state index is 13.5. The van der Waals surface area contributed by atoms with E-state index in [1.54, 1.807) is 12.1 Å². The lowest BCUT2D eigenvalue weighted by Crippen LogP contribution is -2.34. The van der Waals surface area contributed by atoms with Crippen LogP contribution >= 0.6 is 0 Å². The average molecular weight is 262 g/mol. The lowest BCUT2D eigenvalue weighted by Gasteiger charge is -2.29. The SMILES string of the molecule is Nc1ccc(CN2CCCC2C2CCCC2)cc1F. The number of likely N-dealkylation sites (tertiary alicyclic amines) is 1. The molecule has 19 heavy (non-hydrogen) atoms. The number of hydrogen-bond donors (Lipinski definition) is 1. The fraction of sp³-hybridized carbons (Fsp3) is 0.625. The molecular weight excluding hydrogens is 239 g/mol. The molecule has 0 spiro atoms. The van der Waals surface area contributed by atoms with Crippen molar-refractivity contribution in [3.8, 4) is 0 Å². The van der Waals surface area contributed by atoms with Gasteiger partial charge >= 0.3 is 0 Å². The largest absolute Gasteiger partial charge is 0.396 e. The molecule has 3 heteroatoms. The van der Waals surface area contributed by atoms with Gasteiger partial charge in [-0.2, -0.15) is 0 Å². The van der Waals surface area contributed by atoms with Gasteiger partial charge in [-0.3, -0.25) is 4.90 Å². The quantitative estimate of drug-likeness (QED) is 0.844. The van der Waals surface area contributed by atoms with Crippen LogP contribution in [-0.2, 0) is 6.54 Å². The van der Waals surface area contributed by atoms with Crippen molar-refractivity contribution in [1.29, 1.82) is 0 Å². The first-order valence-corrected chi connectivity index (χ1v) is 7.52. The van der Waals surface area contributed by atoms with Gasteiger partial charge in [0, 0.05) is 12.6 Å². The van der Waals surface area contributed by atoms with Gasteiger partial charge in [-0.05, 0) is 55.8 Å². The summed E-state index contributed by atoms with van der Waals surface area (Å²) in [5, 5.41) is 0. The minimum absolute atomic E-state index is 0.248. The lowest BCUT2D eigenvalue weighted by molar-refractivity contribution is 0.183. The third-order valence-corrected chi connectivity index (χ3v) is 4.81. The van der Waals surface area contributed by atoms with Gasteiger partial charge in [0.15, 0.2) is 0 Å². The Labute approximate surface area is 114 Å². The van der Waals surface area contributed by atoms with Crippen LogP contribution in [0, 0.1) is 11.7 Å². The Hall–Kier alpha value is -1.09. The third kappa shape index (κ3) is 2.76. The minimum atomic E-state index is -0.283. The van der Waals surface area contributed by atoms with E-state index >= 15 is 0 Å². The number of benzene rings is 1. The zero-order valence-electron chi connectivity index (χ0n) is 11.4. The van der Waals surface area contributed by atoms with Gasteiger partial charge < -0.3 is 5.73 Å². The van der Waals surface area contributed by atoms with Crippen molar-refractivity contribution in [2.75, 3.05) is 12.3 Å². The average Bonchev–Trinajstić information content (AvgIpc) is 3.04. The molecule has 104 valence electrons. The predicted molar refractivity (Wildman–Crippen MR) is 76.2 cm³/mol. The lowest BCUT2D eigenvalue weighted by atomic mass is 9.96. The number of rotatable bonds is 3. The van der Waals surface area contributed by atoms with Crippen LogP contribution in [0.2, 0.25) is 0 Å². The standard InChI is InChI=1S/C16H23FN2/c17-14-10-12(7-8-15(14)18)11-19-9-3-6-16(19)13-4-1-2-5-13/h7-8,10,13,16H,1-6,9,11,18H2. The van der Waals surface area contributed by atoms with E-state index < -0.39 is 0 Å². The van der Waals surface area contributed by atoms with E-state index in [1.165, 1.54) is 38.5 Å². The summed E-state index contributed by atoms with van der Waals surface area (Å²) in [7, 11) is 0. The normalized spacial score (nSPS) is 25.2. The van der Waals surface area contributed by atoms with Crippen molar-refractivity contribution in [3.05, 3.63) is 29.6 Å². The topological polar surface area (TPSA) is 29.3 Å². The fourth-order valence-electron chi connectivity index (χ4n) is 3.83. The fourth-order valence-corrected chi connectivity index (χ4v) is 3.83. The van der Waals surface area contributed by atoms with Crippen LogP contribution in [-0.4, -0.2) is 17.5 Å². The van der Waals surface area contributed by atoms with Gasteiger partial charge in [0.2, 0.25) is 0 Å². The number of hydrogen-bond acceptors (Lipinski definition) is 2. The summed E-state index contributed by atoms with van der Waals surface area (Å²) >= 11 is 0. The van der Waals surface area contributed by atoms with E-state index in [-0.39, 0.29) is 11.5 Å². The van der Waals surface area contributed by atoms with Gasteiger partial charge in [-0.15, -0.1) is 0 Å². The molecule has 1 aliphatic carbocycles. The van der Waals surface area contributed by atoms with Crippen LogP contribution in [0.25, 0.3) is 0 Å². The van der Waals surface area contributed by atoms with Crippen LogP contribution in [0.1, 0.15) is 44.1 Å². The van der Waals surface area contributed by atoms with E-state index in [2.05, 4.69) is 4.90 Å². The molecule has 1 unspecified atom stereocenters. The molecule has 2 N–H and O–H groups in total. The van der Waals surface area contributed by atoms with Crippen LogP contribution in [0.3, 0.4) is 0 Å². The van der Waals surface area contributed by atoms with Crippen molar-refractivity contribution in [1.82, 2.24) is 4.90 Å². The summed E-state index contributed by atoms with van der Waals surface area (Å²) in [6.45, 7) is 2.03. The van der Waals surface area contributed by atoms with Crippen molar-refractivity contribution < 1.29 is 4.39 Å². The van der Waals surface area contributed by atoms with E-state index in [0.29, 0.717) is 0 Å². The molecule has 1 saturated heterocycles. The van der Waals surface area contributed by atoms with Gasteiger partial charge in [0.1, 0.15) is 5.82 Å². The molecule has 2 nitrogen and oxygen atoms in total. The highest BCUT2D eigenvalue weighted by atomic mass is 19.1. The first kappa shape index (κ1) is 12.9. The first-order valence-electron chi connectivity index (χ1n) is 7.52. The molecule has 1 aliphatic heterocycles. The monoisotopic (exact) mass is 262 g/mol. The Bertz CT molecular complexity index is 440. The Balaban J connectivity index is 1.69. The molecule has 1 aromatic carbocycles. The van der Waals surface area contributed by atoms with Crippen LogP contribution in [0.4, 0.5) is 10.1 Å². The maximum absolute atomic E-state index is 13.5. The zero-order chi connectivity index (χ0) is 13.2. The Kier molecular flexibility index (Phi) is 3.74. The van der Waals surface area contributed by atoms with E-state index in [1.807, 2.05) is 6.07 Å². The number of nitrogens with two attached hydrogens (primary N) is 1. The Morgan fingerprint density at radius 3 is 2.68 bits per heavy atom. The first-order chi connectivity index (χ1) is 9.24. The highest BCUT2D eigenvalue weighted by Gasteiger charge is 2.33. The maximum Gasteiger partial charge on any atom is 0.146 e. The number of nitrogens with zero attached hydrogens (tertiary/aromatic N) is 1. The van der Waals surface area contributed by atoms with Crippen molar-refractivity contribution in [2.45, 2.75) is 51.1 Å². The zero-order valence-corrected chi connectivity index (χ0v) is 11.4. The summed E-state index contributed by atoms with van der Waals surface area (Å²) < 4.78 is 13.5. The second kappa shape index (κ2) is 5.49. The summed E-state index contributed by atoms with van der Waals surface area (Å²) in [5.74, 6) is 0.593. The van der Waals surface area contributed by atoms with Gasteiger partial charge in [-0.25, -0.2) is 4.39 Å². The third-order valence-electron chi connectivity index (χ3n) is 4.81. The Morgan fingerprint density at radius 2 is 1.95 bits per heavy atom. The second-order valence-electron chi connectivity index (χ2n) is 6.08. The van der Waals surface area contributed by atoms with Crippen LogP contribution in [0.15, 0.2) is 18.2 Å². The summed E-state index contributed by atoms with van der Waals surface area (Å²) in [4.78, 5) is 2.56. The number of nitrogen functional groups attached to an aromatic ring is 1. The molecule has 0 radical (unpaired) electrons. The number of anilines is 1. The number of halogens is 1. The molecule has 1 heterocycles. The molecule has 0 aromatic heterocycles. The molecule has 1 saturated carbocycles. The van der Waals surface area contributed by atoms with Crippen molar-refractivity contribution in [3.63, 3.8) is 0 Å². The minimum Gasteiger partial charge on any atom is -0.396 e. The van der Waals surface area contributed by atoms with Crippen LogP contribution in [0.5, 0.6) is 0 Å². The second-order valence-corrected chi connectivity index (χ2v) is 6.08. The molecule has 0 amide bonds. The summed E-state index contributed by atoms with van der Waals surface area (Å²) in [6, 6.07) is 5.97. The molecular formula is C16H23FN2. The van der Waals surface area contributed by atoms with Crippen molar-refractivity contribution >= 4 is 5.69 Å². The molecule has 0 bridgehead atoms. The van der Waals surface area contributed by atoms with Gasteiger partial charge in [0.25, 0.3) is 0 Å². The highest BCUT2D eigenvalue weighted by Crippen LogP contribution is 2.36. The van der Waals surface area contributed by atoms with E-state index in [4.69, 9.17) is 5.73 Å². The summed E-state index contributed by atoms with van der Waals surface area (Å²) in [5.41, 5.74) is 6.84. The molecule has 1 aromatic rings. The smallest absolute Gasteiger partial charge is 0.146 e. The molecule has 1 atom stereocenters. The highest BCUT2D eigenvalue weighted by molar-refractivity contribution is 5.41. The van der Waals surface area contributed by atoms with Crippen LogP contribution < -0.4 is 5.73 Å². The van der Waals surface area contributed by atoms with Gasteiger partial charge in [-0.1, -0.05) is 18.9 Å². The molecule has 2 fully saturated rings. The van der Waals surface area contributed by atoms with E-state index in [0.717, 1.165) is 30.6 Å². The molecule has 2 aliphatic rings.